The van der Waals surface area contributed by atoms with Crippen molar-refractivity contribution >= 4 is 58.3 Å². The van der Waals surface area contributed by atoms with Gasteiger partial charge >= 0.3 is 0 Å². The van der Waals surface area contributed by atoms with Gasteiger partial charge in [0.25, 0.3) is 5.91 Å². The smallest absolute Gasteiger partial charge is 0.255 e. The van der Waals surface area contributed by atoms with Crippen LogP contribution in [0.3, 0.4) is 0 Å². The van der Waals surface area contributed by atoms with Crippen LogP contribution >= 0.6 is 22.9 Å². The summed E-state index contributed by atoms with van der Waals surface area (Å²) in [6, 6.07) is 5.27. The lowest BCUT2D eigenvalue weighted by Gasteiger charge is -2.37. The van der Waals surface area contributed by atoms with Gasteiger partial charge in [0, 0.05) is 97.8 Å². The summed E-state index contributed by atoms with van der Waals surface area (Å²) in [4.78, 5) is 50.3. The number of alkyl halides is 1. The van der Waals surface area contributed by atoms with E-state index in [2.05, 4.69) is 59.7 Å². The third kappa shape index (κ3) is 7.03. The lowest BCUT2D eigenvalue weighted by Crippen LogP contribution is -2.52. The van der Waals surface area contributed by atoms with Crippen molar-refractivity contribution in [3.63, 3.8) is 0 Å². The summed E-state index contributed by atoms with van der Waals surface area (Å²) in [5.41, 5.74) is 6.29. The number of halogens is 1. The SMILES string of the molecule is Cc1c(C#CC2C=NN(CCCN3CCN(c4cccc5c4CN(C4CCC(=O)NC4=O)C5=O)CC3)C2)sc2c1C(C1CCC(Cl)CC1)=NCc1nnc(C)n1-2. The van der Waals surface area contributed by atoms with E-state index in [1.54, 1.807) is 16.2 Å². The number of nitrogens with zero attached hydrogens (tertiary/aromatic N) is 9. The zero-order chi connectivity index (χ0) is 38.5. The van der Waals surface area contributed by atoms with Gasteiger partial charge in [-0.05, 0) is 70.1 Å². The normalized spacial score (nSPS) is 25.0. The quantitative estimate of drug-likeness (QED) is 0.213. The average Bonchev–Trinajstić information content (AvgIpc) is 3.95. The second-order valence-corrected chi connectivity index (χ2v) is 17.4. The number of amides is 3. The number of benzene rings is 1. The maximum absolute atomic E-state index is 13.3. The number of hydrazone groups is 1. The van der Waals surface area contributed by atoms with Crippen molar-refractivity contribution in [1.82, 2.24) is 34.9 Å². The van der Waals surface area contributed by atoms with Gasteiger partial charge in [0.2, 0.25) is 11.8 Å². The summed E-state index contributed by atoms with van der Waals surface area (Å²) in [6.45, 7) is 11.4. The molecule has 3 aromatic rings. The number of hydrogen-bond acceptors (Lipinski definition) is 11. The molecule has 0 radical (unpaired) electrons. The Morgan fingerprint density at radius 3 is 2.62 bits per heavy atom. The van der Waals surface area contributed by atoms with Crippen molar-refractivity contribution in [3.05, 3.63) is 57.0 Å². The monoisotopic (exact) mass is 794 g/mol. The van der Waals surface area contributed by atoms with Gasteiger partial charge in [-0.3, -0.25) is 39.2 Å². The predicted octanol–water partition coefficient (Wildman–Crippen LogP) is 4.29. The summed E-state index contributed by atoms with van der Waals surface area (Å²) in [7, 11) is 0. The number of hydrogen-bond donors (Lipinski definition) is 1. The van der Waals surface area contributed by atoms with Gasteiger partial charge in [0.05, 0.1) is 23.9 Å². The summed E-state index contributed by atoms with van der Waals surface area (Å²) >= 11 is 8.21. The molecule has 2 unspecified atom stereocenters. The lowest BCUT2D eigenvalue weighted by atomic mass is 9.82. The lowest BCUT2D eigenvalue weighted by molar-refractivity contribution is -0.136. The number of thiophene rings is 1. The number of aromatic nitrogens is 3. The highest BCUT2D eigenvalue weighted by atomic mass is 35.5. The van der Waals surface area contributed by atoms with Crippen LogP contribution in [0.15, 0.2) is 28.3 Å². The molecule has 56 heavy (non-hydrogen) atoms. The molecule has 5 aliphatic heterocycles. The number of rotatable bonds is 7. The molecule has 1 aliphatic carbocycles. The first-order valence-electron chi connectivity index (χ1n) is 20.0. The number of aliphatic imine (C=N–C) groups is 1. The zero-order valence-electron chi connectivity index (χ0n) is 32.0. The maximum atomic E-state index is 13.3. The fourth-order valence-corrected chi connectivity index (χ4v) is 10.7. The maximum Gasteiger partial charge on any atom is 0.255 e. The van der Waals surface area contributed by atoms with E-state index in [0.717, 1.165) is 111 Å². The second-order valence-electron chi connectivity index (χ2n) is 15.8. The van der Waals surface area contributed by atoms with E-state index < -0.39 is 6.04 Å². The Morgan fingerprint density at radius 1 is 1.00 bits per heavy atom. The van der Waals surface area contributed by atoms with Gasteiger partial charge in [-0.25, -0.2) is 0 Å². The summed E-state index contributed by atoms with van der Waals surface area (Å²) in [6.07, 6.45) is 7.77. The Bertz CT molecular complexity index is 2180. The molecule has 2 aromatic heterocycles. The second kappa shape index (κ2) is 15.4. The molecule has 1 N–H and O–H groups in total. The zero-order valence-corrected chi connectivity index (χ0v) is 33.5. The first kappa shape index (κ1) is 37.0. The van der Waals surface area contributed by atoms with Crippen LogP contribution in [-0.4, -0.2) is 116 Å². The van der Waals surface area contributed by atoms with Crippen molar-refractivity contribution in [2.45, 2.75) is 83.3 Å². The predicted molar refractivity (Wildman–Crippen MR) is 217 cm³/mol. The average molecular weight is 795 g/mol. The number of carbonyl (C=O) groups is 3. The number of aryl methyl sites for hydroxylation is 1. The molecule has 3 fully saturated rings. The van der Waals surface area contributed by atoms with Crippen LogP contribution in [0.4, 0.5) is 5.69 Å². The third-order valence-electron chi connectivity index (χ3n) is 12.3. The number of imide groups is 1. The van der Waals surface area contributed by atoms with Crippen LogP contribution in [-0.2, 0) is 22.7 Å². The number of carbonyl (C=O) groups excluding carboxylic acids is 3. The molecule has 292 valence electrons. The van der Waals surface area contributed by atoms with E-state index in [4.69, 9.17) is 21.7 Å². The molecule has 2 atom stereocenters. The Kier molecular flexibility index (Phi) is 10.2. The molecule has 2 saturated heterocycles. The molecule has 9 rings (SSSR count). The molecule has 13 nitrogen and oxygen atoms in total. The Balaban J connectivity index is 0.780. The number of nitrogens with one attached hydrogen (secondary N) is 1. The van der Waals surface area contributed by atoms with E-state index in [9.17, 15) is 14.4 Å². The fraction of sp³-hybridized carbons (Fsp3) is 0.537. The van der Waals surface area contributed by atoms with Crippen molar-refractivity contribution in [1.29, 1.82) is 0 Å². The highest BCUT2D eigenvalue weighted by Crippen LogP contribution is 2.40. The molecule has 3 amide bonds. The number of fused-ring (bicyclic) bond motifs is 4. The van der Waals surface area contributed by atoms with Gasteiger partial charge in [-0.1, -0.05) is 17.9 Å². The summed E-state index contributed by atoms with van der Waals surface area (Å²) < 4.78 is 2.18. The van der Waals surface area contributed by atoms with Crippen LogP contribution in [0.1, 0.15) is 88.5 Å². The Labute approximate surface area is 336 Å². The van der Waals surface area contributed by atoms with Crippen molar-refractivity contribution in [2.75, 3.05) is 50.7 Å². The molecular weight excluding hydrogens is 748 g/mol. The molecule has 0 bridgehead atoms. The molecule has 0 spiro atoms. The molecule has 15 heteroatoms. The molecular formula is C41H47ClN10O3S. The largest absolute Gasteiger partial charge is 0.369 e. The number of piperazine rings is 1. The third-order valence-corrected chi connectivity index (χ3v) is 13.9. The highest BCUT2D eigenvalue weighted by molar-refractivity contribution is 7.15. The van der Waals surface area contributed by atoms with E-state index in [1.165, 1.54) is 16.8 Å². The molecule has 6 aliphatic rings. The van der Waals surface area contributed by atoms with Crippen LogP contribution in [0.5, 0.6) is 0 Å². The molecule has 1 saturated carbocycles. The standard InChI is InChI=1S/C41H47ClN10O3S/c1-25-34(56-41-37(25)38(28-8-10-29(42)11-9-28)43-22-35-47-46-26(2)52(35)41)13-7-27-21-44-50(23-27)16-4-15-48-17-19-49(20-18-48)32-6-3-5-30-31(32)24-51(40(30)55)33-12-14-36(53)45-39(33)54/h3,5-6,21,27-29,33H,4,8-12,14-20,22-24H2,1-2H3,(H,45,53,54). The number of piperidine rings is 1. The first-order valence-corrected chi connectivity index (χ1v) is 21.2. The van der Waals surface area contributed by atoms with Crippen molar-refractivity contribution in [2.24, 2.45) is 21.9 Å². The minimum absolute atomic E-state index is 0.0737. The van der Waals surface area contributed by atoms with Gasteiger partial charge in [0.1, 0.15) is 16.9 Å². The molecule has 1 aromatic carbocycles. The molecule has 7 heterocycles. The highest BCUT2D eigenvalue weighted by Gasteiger charge is 2.40. The van der Waals surface area contributed by atoms with Gasteiger partial charge in [0.15, 0.2) is 5.82 Å². The van der Waals surface area contributed by atoms with Crippen LogP contribution < -0.4 is 10.2 Å². The first-order chi connectivity index (χ1) is 27.2. The van der Waals surface area contributed by atoms with Gasteiger partial charge < -0.3 is 9.80 Å². The van der Waals surface area contributed by atoms with E-state index in [1.807, 2.05) is 25.3 Å². The number of anilines is 1. The van der Waals surface area contributed by atoms with Gasteiger partial charge in [-0.15, -0.1) is 33.1 Å². The fourth-order valence-electron chi connectivity index (χ4n) is 9.18. The van der Waals surface area contributed by atoms with E-state index in [-0.39, 0.29) is 35.4 Å². The van der Waals surface area contributed by atoms with E-state index in [0.29, 0.717) is 31.0 Å². The Morgan fingerprint density at radius 2 is 1.82 bits per heavy atom. The summed E-state index contributed by atoms with van der Waals surface area (Å²) in [5, 5.41) is 19.5. The minimum atomic E-state index is -0.607. The van der Waals surface area contributed by atoms with Crippen LogP contribution in [0, 0.1) is 37.5 Å². The topological polar surface area (TPSA) is 132 Å². The minimum Gasteiger partial charge on any atom is -0.369 e. The summed E-state index contributed by atoms with van der Waals surface area (Å²) in [5.74, 6) is 8.52. The van der Waals surface area contributed by atoms with Gasteiger partial charge in [-0.2, -0.15) is 5.10 Å². The van der Waals surface area contributed by atoms with Crippen LogP contribution in [0.2, 0.25) is 0 Å². The van der Waals surface area contributed by atoms with E-state index >= 15 is 0 Å². The van der Waals surface area contributed by atoms with Crippen molar-refractivity contribution in [3.8, 4) is 16.8 Å². The van der Waals surface area contributed by atoms with Crippen LogP contribution in [0.25, 0.3) is 5.00 Å². The van der Waals surface area contributed by atoms with Crippen molar-refractivity contribution < 1.29 is 14.4 Å². The Hall–Kier alpha value is -4.58.